The molecule has 1 atom stereocenters. The van der Waals surface area contributed by atoms with E-state index < -0.39 is 17.8 Å². The van der Waals surface area contributed by atoms with Crippen LogP contribution in [0.5, 0.6) is 0 Å². The number of amides is 5. The van der Waals surface area contributed by atoms with E-state index in [9.17, 15) is 19.2 Å². The van der Waals surface area contributed by atoms with E-state index in [1.54, 1.807) is 6.08 Å². The molecule has 0 radical (unpaired) electrons. The molecule has 1 aliphatic carbocycles. The molecule has 184 valence electrons. The summed E-state index contributed by atoms with van der Waals surface area (Å²) >= 11 is 0. The number of barbiturate groups is 1. The van der Waals surface area contributed by atoms with Gasteiger partial charge in [0.15, 0.2) is 0 Å². The molecule has 2 saturated heterocycles. The summed E-state index contributed by atoms with van der Waals surface area (Å²) < 4.78 is 1.89. The second-order valence-corrected chi connectivity index (χ2v) is 9.95. The van der Waals surface area contributed by atoms with Crippen molar-refractivity contribution in [1.29, 1.82) is 0 Å². The van der Waals surface area contributed by atoms with Gasteiger partial charge in [-0.25, -0.2) is 4.79 Å². The molecule has 0 spiro atoms. The van der Waals surface area contributed by atoms with Gasteiger partial charge < -0.3 is 9.47 Å². The number of carbonyl (C=O) groups is 4. The highest BCUT2D eigenvalue weighted by Gasteiger charge is 2.40. The zero-order chi connectivity index (χ0) is 24.5. The van der Waals surface area contributed by atoms with E-state index in [4.69, 9.17) is 0 Å². The fourth-order valence-electron chi connectivity index (χ4n) is 5.72. The summed E-state index contributed by atoms with van der Waals surface area (Å²) in [6, 6.07) is 7.07. The minimum absolute atomic E-state index is 0.0472. The Labute approximate surface area is 204 Å². The maximum Gasteiger partial charge on any atom is 0.331 e. The second-order valence-electron chi connectivity index (χ2n) is 9.95. The van der Waals surface area contributed by atoms with Gasteiger partial charge >= 0.3 is 6.03 Å². The lowest BCUT2D eigenvalue weighted by Crippen LogP contribution is -2.58. The lowest BCUT2D eigenvalue weighted by molar-refractivity contribution is -0.135. The summed E-state index contributed by atoms with van der Waals surface area (Å²) in [6.07, 6.45) is 11.1. The van der Waals surface area contributed by atoms with Crippen molar-refractivity contribution in [3.63, 3.8) is 0 Å². The smallest absolute Gasteiger partial charge is 0.331 e. The number of nitrogens with one attached hydrogen (secondary N) is 1. The summed E-state index contributed by atoms with van der Waals surface area (Å²) in [4.78, 5) is 54.8. The van der Waals surface area contributed by atoms with E-state index >= 15 is 0 Å². The Kier molecular flexibility index (Phi) is 6.45. The SMILES string of the molecule is C[C@H]1CCCCN1C(=O)Cn1cc(/C=C2\C(=O)NC(=O)N(C3CCCCC3)C2=O)c2ccccc21. The maximum atomic E-state index is 13.3. The first-order valence-electron chi connectivity index (χ1n) is 12.7. The van der Waals surface area contributed by atoms with Crippen LogP contribution >= 0.6 is 0 Å². The van der Waals surface area contributed by atoms with E-state index in [1.807, 2.05) is 39.9 Å². The fraction of sp³-hybridized carbons (Fsp3) is 0.481. The first-order valence-corrected chi connectivity index (χ1v) is 12.7. The average Bonchev–Trinajstić information content (AvgIpc) is 3.19. The van der Waals surface area contributed by atoms with Gasteiger partial charge in [0, 0.05) is 41.3 Å². The van der Waals surface area contributed by atoms with E-state index in [1.165, 1.54) is 4.90 Å². The number of rotatable bonds is 4. The Morgan fingerprint density at radius 1 is 1.03 bits per heavy atom. The predicted molar refractivity (Wildman–Crippen MR) is 132 cm³/mol. The number of carbonyl (C=O) groups excluding carboxylic acids is 4. The molecule has 1 N–H and O–H groups in total. The van der Waals surface area contributed by atoms with Crippen LogP contribution in [0.1, 0.15) is 63.9 Å². The number of imide groups is 2. The van der Waals surface area contributed by atoms with Crippen molar-refractivity contribution in [2.75, 3.05) is 6.54 Å². The largest absolute Gasteiger partial charge is 0.338 e. The molecule has 8 nitrogen and oxygen atoms in total. The highest BCUT2D eigenvalue weighted by molar-refractivity contribution is 6.31. The lowest BCUT2D eigenvalue weighted by atomic mass is 9.93. The first kappa shape index (κ1) is 23.3. The van der Waals surface area contributed by atoms with Gasteiger partial charge in [0.2, 0.25) is 5.91 Å². The van der Waals surface area contributed by atoms with Crippen LogP contribution in [0.3, 0.4) is 0 Å². The second kappa shape index (κ2) is 9.68. The van der Waals surface area contributed by atoms with Crippen LogP contribution in [0.25, 0.3) is 17.0 Å². The molecular weight excluding hydrogens is 444 g/mol. The van der Waals surface area contributed by atoms with Crippen molar-refractivity contribution in [3.8, 4) is 0 Å². The van der Waals surface area contributed by atoms with E-state index in [0.717, 1.165) is 68.8 Å². The molecule has 1 saturated carbocycles. The van der Waals surface area contributed by atoms with Crippen molar-refractivity contribution >= 4 is 40.7 Å². The molecule has 3 fully saturated rings. The average molecular weight is 477 g/mol. The minimum atomic E-state index is -0.679. The van der Waals surface area contributed by atoms with Gasteiger partial charge in [-0.1, -0.05) is 37.5 Å². The number of para-hydroxylation sites is 1. The highest BCUT2D eigenvalue weighted by Crippen LogP contribution is 2.29. The van der Waals surface area contributed by atoms with Crippen molar-refractivity contribution in [1.82, 2.24) is 19.7 Å². The molecule has 1 aromatic heterocycles. The molecule has 5 rings (SSSR count). The Hall–Kier alpha value is -3.42. The number of fused-ring (bicyclic) bond motifs is 1. The highest BCUT2D eigenvalue weighted by atomic mass is 16.2. The molecule has 35 heavy (non-hydrogen) atoms. The summed E-state index contributed by atoms with van der Waals surface area (Å²) in [5.74, 6) is -1.15. The molecule has 0 bridgehead atoms. The van der Waals surface area contributed by atoms with Gasteiger partial charge in [-0.15, -0.1) is 0 Å². The normalized spacial score (nSPS) is 23.3. The van der Waals surface area contributed by atoms with Crippen molar-refractivity contribution in [2.24, 2.45) is 0 Å². The van der Waals surface area contributed by atoms with Crippen LogP contribution in [0.4, 0.5) is 4.79 Å². The van der Waals surface area contributed by atoms with Crippen LogP contribution in [-0.2, 0) is 20.9 Å². The van der Waals surface area contributed by atoms with Gasteiger partial charge in [0.25, 0.3) is 11.8 Å². The van der Waals surface area contributed by atoms with Gasteiger partial charge in [0.05, 0.1) is 0 Å². The van der Waals surface area contributed by atoms with Gasteiger partial charge in [-0.05, 0) is 51.2 Å². The third-order valence-electron chi connectivity index (χ3n) is 7.62. The number of hydrogen-bond acceptors (Lipinski definition) is 4. The topological polar surface area (TPSA) is 91.7 Å². The van der Waals surface area contributed by atoms with Gasteiger partial charge in [-0.2, -0.15) is 0 Å². The number of piperidine rings is 1. The number of aromatic nitrogens is 1. The van der Waals surface area contributed by atoms with Crippen molar-refractivity contribution < 1.29 is 19.2 Å². The summed E-state index contributed by atoms with van der Waals surface area (Å²) in [5.41, 5.74) is 1.49. The molecular formula is C27H32N4O4. The van der Waals surface area contributed by atoms with E-state index in [0.29, 0.717) is 5.56 Å². The van der Waals surface area contributed by atoms with Crippen LogP contribution < -0.4 is 5.32 Å². The molecule has 5 amide bonds. The van der Waals surface area contributed by atoms with Crippen LogP contribution in [-0.4, -0.2) is 56.7 Å². The quantitative estimate of drug-likeness (QED) is 0.536. The third kappa shape index (κ3) is 4.49. The Morgan fingerprint density at radius 3 is 2.54 bits per heavy atom. The zero-order valence-electron chi connectivity index (χ0n) is 20.2. The Morgan fingerprint density at radius 2 is 1.77 bits per heavy atom. The molecule has 8 heteroatoms. The molecule has 3 aliphatic rings. The standard InChI is InChI=1S/C27H32N4O4/c1-18-9-7-8-14-30(18)24(32)17-29-16-19(21-12-5-6-13-23(21)29)15-22-25(33)28-27(35)31(26(22)34)20-10-3-2-4-11-20/h5-6,12-13,15-16,18,20H,2-4,7-11,14,17H2,1H3,(H,28,33,35)/b22-15+/t18-/m0/s1. The number of nitrogens with zero attached hydrogens (tertiary/aromatic N) is 3. The minimum Gasteiger partial charge on any atom is -0.338 e. The fourth-order valence-corrected chi connectivity index (χ4v) is 5.72. The number of likely N-dealkylation sites (tertiary alicyclic amines) is 1. The number of benzene rings is 1. The van der Waals surface area contributed by atoms with Crippen LogP contribution in [0.15, 0.2) is 36.0 Å². The molecule has 3 heterocycles. The number of urea groups is 1. The first-order chi connectivity index (χ1) is 16.9. The summed E-state index contributed by atoms with van der Waals surface area (Å²) in [6.45, 7) is 3.06. The monoisotopic (exact) mass is 476 g/mol. The maximum absolute atomic E-state index is 13.3. The van der Waals surface area contributed by atoms with Gasteiger partial charge in [-0.3, -0.25) is 24.6 Å². The Balaban J connectivity index is 1.47. The lowest BCUT2D eigenvalue weighted by Gasteiger charge is -2.35. The van der Waals surface area contributed by atoms with E-state index in [-0.39, 0.29) is 30.1 Å². The molecule has 0 unspecified atom stereocenters. The van der Waals surface area contributed by atoms with Gasteiger partial charge in [0.1, 0.15) is 12.1 Å². The van der Waals surface area contributed by atoms with Crippen LogP contribution in [0, 0.1) is 0 Å². The summed E-state index contributed by atoms with van der Waals surface area (Å²) in [7, 11) is 0. The Bertz CT molecular complexity index is 1210. The molecule has 1 aromatic carbocycles. The predicted octanol–water partition coefficient (Wildman–Crippen LogP) is 3.84. The third-order valence-corrected chi connectivity index (χ3v) is 7.62. The van der Waals surface area contributed by atoms with Crippen molar-refractivity contribution in [3.05, 3.63) is 41.6 Å². The van der Waals surface area contributed by atoms with Crippen molar-refractivity contribution in [2.45, 2.75) is 76.9 Å². The number of hydrogen-bond donors (Lipinski definition) is 1. The zero-order valence-corrected chi connectivity index (χ0v) is 20.2. The molecule has 2 aliphatic heterocycles. The van der Waals surface area contributed by atoms with E-state index in [2.05, 4.69) is 12.2 Å². The summed E-state index contributed by atoms with van der Waals surface area (Å²) in [5, 5.41) is 3.20. The molecule has 2 aromatic rings. The van der Waals surface area contributed by atoms with Crippen LogP contribution in [0.2, 0.25) is 0 Å².